The van der Waals surface area contributed by atoms with Crippen molar-refractivity contribution in [3.8, 4) is 5.75 Å². The van der Waals surface area contributed by atoms with Crippen molar-refractivity contribution in [1.82, 2.24) is 5.01 Å². The minimum Gasteiger partial charge on any atom is -0.464 e. The monoisotopic (exact) mass is 456 g/mol. The Labute approximate surface area is 175 Å². The van der Waals surface area contributed by atoms with Gasteiger partial charge in [-0.25, -0.2) is 9.40 Å². The Hall–Kier alpha value is -2.37. The highest BCUT2D eigenvalue weighted by atomic mass is 79.9. The summed E-state index contributed by atoms with van der Waals surface area (Å²) in [5.74, 6) is 0.583. The van der Waals surface area contributed by atoms with Crippen LogP contribution in [0.15, 0.2) is 76.3 Å². The van der Waals surface area contributed by atoms with E-state index >= 15 is 0 Å². The van der Waals surface area contributed by atoms with Gasteiger partial charge in [0.1, 0.15) is 11.6 Å². The second kappa shape index (κ2) is 6.90. The molecule has 28 heavy (non-hydrogen) atoms. The number of hydrogen-bond acceptors (Lipinski definition) is 3. The number of rotatable bonds is 2. The summed E-state index contributed by atoms with van der Waals surface area (Å²) in [4.78, 5) is 0. The van der Waals surface area contributed by atoms with Gasteiger partial charge in [0.2, 0.25) is 6.23 Å². The largest absolute Gasteiger partial charge is 0.464 e. The first-order chi connectivity index (χ1) is 13.6. The van der Waals surface area contributed by atoms with Crippen LogP contribution in [0.25, 0.3) is 0 Å². The molecule has 140 valence electrons. The van der Waals surface area contributed by atoms with Gasteiger partial charge in [-0.05, 0) is 48.0 Å². The van der Waals surface area contributed by atoms with Gasteiger partial charge in [-0.3, -0.25) is 0 Å². The summed E-state index contributed by atoms with van der Waals surface area (Å²) in [5.41, 5.74) is 3.84. The van der Waals surface area contributed by atoms with E-state index in [1.165, 1.54) is 12.1 Å². The molecule has 0 aliphatic carbocycles. The molecule has 0 aromatic heterocycles. The zero-order valence-electron chi connectivity index (χ0n) is 14.6. The lowest BCUT2D eigenvalue weighted by Gasteiger charge is -2.38. The van der Waals surface area contributed by atoms with Crippen LogP contribution in [0.5, 0.6) is 5.75 Å². The summed E-state index contributed by atoms with van der Waals surface area (Å²) in [6, 6.07) is 20.2. The number of ether oxygens (including phenoxy) is 1. The summed E-state index contributed by atoms with van der Waals surface area (Å²) in [6.07, 6.45) is 0.338. The van der Waals surface area contributed by atoms with E-state index in [1.54, 1.807) is 12.1 Å². The van der Waals surface area contributed by atoms with Gasteiger partial charge in [0, 0.05) is 27.0 Å². The average molecular weight is 458 g/mol. The predicted octanol–water partition coefficient (Wildman–Crippen LogP) is 6.48. The van der Waals surface area contributed by atoms with E-state index in [4.69, 9.17) is 21.4 Å². The van der Waals surface area contributed by atoms with Gasteiger partial charge in [-0.1, -0.05) is 51.8 Å². The topological polar surface area (TPSA) is 24.8 Å². The van der Waals surface area contributed by atoms with Crippen LogP contribution in [0, 0.1) is 5.82 Å². The lowest BCUT2D eigenvalue weighted by atomic mass is 9.96. The molecule has 0 N–H and O–H groups in total. The zero-order valence-corrected chi connectivity index (χ0v) is 17.0. The lowest BCUT2D eigenvalue weighted by molar-refractivity contribution is -0.0190. The van der Waals surface area contributed by atoms with Crippen LogP contribution < -0.4 is 4.74 Å². The number of hydrogen-bond donors (Lipinski definition) is 0. The fourth-order valence-corrected chi connectivity index (χ4v) is 4.33. The maximum absolute atomic E-state index is 13.3. The van der Waals surface area contributed by atoms with E-state index in [1.807, 2.05) is 41.4 Å². The second-order valence-corrected chi connectivity index (χ2v) is 8.21. The predicted molar refractivity (Wildman–Crippen MR) is 111 cm³/mol. The fourth-order valence-electron chi connectivity index (χ4n) is 3.76. The molecule has 0 saturated carbocycles. The molecule has 0 bridgehead atoms. The molecule has 2 aliphatic rings. The molecule has 5 rings (SSSR count). The van der Waals surface area contributed by atoms with Gasteiger partial charge in [-0.2, -0.15) is 5.10 Å². The smallest absolute Gasteiger partial charge is 0.213 e. The molecule has 6 heteroatoms. The number of nitrogens with zero attached hydrogens (tertiary/aromatic N) is 2. The van der Waals surface area contributed by atoms with E-state index < -0.39 is 0 Å². The third-order valence-electron chi connectivity index (χ3n) is 5.06. The molecular weight excluding hydrogens is 443 g/mol. The Morgan fingerprint density at radius 2 is 1.89 bits per heavy atom. The third kappa shape index (κ3) is 3.09. The minimum absolute atomic E-state index is 0.0327. The second-order valence-electron chi connectivity index (χ2n) is 6.86. The molecule has 0 saturated heterocycles. The Morgan fingerprint density at radius 3 is 2.68 bits per heavy atom. The fraction of sp³-hybridized carbons (Fsp3) is 0.136. The van der Waals surface area contributed by atoms with Crippen molar-refractivity contribution in [3.05, 3.63) is 98.7 Å². The van der Waals surface area contributed by atoms with Crippen molar-refractivity contribution < 1.29 is 9.13 Å². The molecule has 0 unspecified atom stereocenters. The molecule has 3 aromatic rings. The summed E-state index contributed by atoms with van der Waals surface area (Å²) in [7, 11) is 0. The van der Waals surface area contributed by atoms with E-state index in [0.29, 0.717) is 5.02 Å². The Balaban J connectivity index is 1.61. The van der Waals surface area contributed by atoms with E-state index in [0.717, 1.165) is 39.0 Å². The summed E-state index contributed by atoms with van der Waals surface area (Å²) < 4.78 is 20.7. The highest BCUT2D eigenvalue weighted by Crippen LogP contribution is 2.48. The first-order valence-corrected chi connectivity index (χ1v) is 10.1. The third-order valence-corrected chi connectivity index (χ3v) is 5.79. The van der Waals surface area contributed by atoms with Gasteiger partial charge in [0.15, 0.2) is 0 Å². The average Bonchev–Trinajstić information content (AvgIpc) is 3.14. The van der Waals surface area contributed by atoms with Crippen molar-refractivity contribution >= 4 is 33.2 Å². The number of fused-ring (bicyclic) bond motifs is 3. The molecule has 3 nitrogen and oxygen atoms in total. The SMILES string of the molecule is Fc1ccc(C2=NN3[C@@H](c4cccc(Cl)c4)Oc4ccc(Br)cc4[C@@H]3C2)cc1. The van der Waals surface area contributed by atoms with E-state index in [2.05, 4.69) is 22.0 Å². The molecule has 0 radical (unpaired) electrons. The van der Waals surface area contributed by atoms with Crippen LogP contribution in [0.2, 0.25) is 5.02 Å². The van der Waals surface area contributed by atoms with Crippen molar-refractivity contribution in [3.63, 3.8) is 0 Å². The molecule has 2 aliphatic heterocycles. The highest BCUT2D eigenvalue weighted by molar-refractivity contribution is 9.10. The normalized spacial score (nSPS) is 20.2. The number of benzene rings is 3. The van der Waals surface area contributed by atoms with Crippen LogP contribution in [0.4, 0.5) is 4.39 Å². The molecule has 2 heterocycles. The molecule has 0 fully saturated rings. The molecule has 0 amide bonds. The van der Waals surface area contributed by atoms with Crippen LogP contribution in [-0.2, 0) is 0 Å². The highest BCUT2D eigenvalue weighted by Gasteiger charge is 2.41. The Morgan fingerprint density at radius 1 is 1.07 bits per heavy atom. The summed E-state index contributed by atoms with van der Waals surface area (Å²) in [6.45, 7) is 0. The molecule has 0 spiro atoms. The summed E-state index contributed by atoms with van der Waals surface area (Å²) in [5, 5.41) is 7.51. The van der Waals surface area contributed by atoms with Crippen molar-refractivity contribution in [1.29, 1.82) is 0 Å². The Kier molecular flexibility index (Phi) is 4.37. The van der Waals surface area contributed by atoms with Crippen LogP contribution in [0.3, 0.4) is 0 Å². The number of halogens is 3. The van der Waals surface area contributed by atoms with E-state index in [9.17, 15) is 4.39 Å². The number of hydrazone groups is 1. The maximum atomic E-state index is 13.3. The first-order valence-electron chi connectivity index (χ1n) is 8.92. The Bertz CT molecular complexity index is 1090. The van der Waals surface area contributed by atoms with E-state index in [-0.39, 0.29) is 18.1 Å². The molecule has 2 atom stereocenters. The lowest BCUT2D eigenvalue weighted by Crippen LogP contribution is -2.33. The molecule has 3 aromatic carbocycles. The van der Waals surface area contributed by atoms with Gasteiger partial charge < -0.3 is 4.74 Å². The van der Waals surface area contributed by atoms with Crippen LogP contribution >= 0.6 is 27.5 Å². The minimum atomic E-state index is -0.379. The van der Waals surface area contributed by atoms with Gasteiger partial charge in [0.25, 0.3) is 0 Å². The maximum Gasteiger partial charge on any atom is 0.213 e. The van der Waals surface area contributed by atoms with Crippen LogP contribution in [-0.4, -0.2) is 10.7 Å². The van der Waals surface area contributed by atoms with Gasteiger partial charge in [0.05, 0.1) is 11.8 Å². The summed E-state index contributed by atoms with van der Waals surface area (Å²) >= 11 is 9.77. The standard InChI is InChI=1S/C22H15BrClFN2O/c23-15-6-9-21-18(11-15)20-12-19(13-4-7-17(25)8-5-13)26-27(20)22(28-21)14-2-1-3-16(24)10-14/h1-11,20,22H,12H2/t20-,22+/m0/s1. The van der Waals surface area contributed by atoms with Crippen molar-refractivity contribution in [2.45, 2.75) is 18.7 Å². The first kappa shape index (κ1) is 17.7. The zero-order chi connectivity index (χ0) is 19.3. The van der Waals surface area contributed by atoms with Crippen molar-refractivity contribution in [2.24, 2.45) is 5.10 Å². The van der Waals surface area contributed by atoms with Gasteiger partial charge in [-0.15, -0.1) is 0 Å². The quantitative estimate of drug-likeness (QED) is 0.440. The van der Waals surface area contributed by atoms with Gasteiger partial charge >= 0.3 is 0 Å². The molecular formula is C22H15BrClFN2O. The van der Waals surface area contributed by atoms with Crippen molar-refractivity contribution in [2.75, 3.05) is 0 Å². The van der Waals surface area contributed by atoms with Crippen LogP contribution in [0.1, 0.15) is 35.4 Å².